The number of hydrogen-bond acceptors (Lipinski definition) is 6. The number of aromatic nitrogens is 2. The number of hydrogen-bond donors (Lipinski definition) is 2. The molecule has 0 radical (unpaired) electrons. The zero-order valence-corrected chi connectivity index (χ0v) is 16.7. The molecule has 7 nitrogen and oxygen atoms in total. The Bertz CT molecular complexity index is 1170. The molecule has 2 N–H and O–H groups in total. The Morgan fingerprint density at radius 3 is 2.53 bits per heavy atom. The van der Waals surface area contributed by atoms with Crippen LogP contribution in [0.3, 0.4) is 0 Å². The Hall–Kier alpha value is -3.65. The largest absolute Gasteiger partial charge is 0.414 e. The van der Waals surface area contributed by atoms with Crippen LogP contribution >= 0.6 is 11.8 Å². The number of nitrogens with zero attached hydrogens (tertiary/aromatic N) is 2. The highest BCUT2D eigenvalue weighted by atomic mass is 32.2. The quantitative estimate of drug-likeness (QED) is 0.442. The normalized spacial score (nSPS) is 10.7. The summed E-state index contributed by atoms with van der Waals surface area (Å²) in [6.45, 7) is 0.115. The molecule has 2 amide bonds. The topological polar surface area (TPSA) is 97.1 Å². The third kappa shape index (κ3) is 4.84. The van der Waals surface area contributed by atoms with Crippen LogP contribution in [0.25, 0.3) is 10.8 Å². The van der Waals surface area contributed by atoms with E-state index in [0.29, 0.717) is 5.56 Å². The number of carbonyl (C=O) groups is 2. The van der Waals surface area contributed by atoms with Crippen molar-refractivity contribution in [2.24, 2.45) is 0 Å². The molecule has 8 heteroatoms. The zero-order valence-electron chi connectivity index (χ0n) is 15.9. The average Bonchev–Trinajstić information content (AvgIpc) is 3.25. The maximum Gasteiger partial charge on any atom is 0.277 e. The van der Waals surface area contributed by atoms with Gasteiger partial charge in [0.1, 0.15) is 0 Å². The minimum atomic E-state index is -0.225. The predicted molar refractivity (Wildman–Crippen MR) is 115 cm³/mol. The summed E-state index contributed by atoms with van der Waals surface area (Å²) in [6.07, 6.45) is 0. The van der Waals surface area contributed by atoms with Crippen LogP contribution in [0.15, 0.2) is 82.4 Å². The number of nitrogens with one attached hydrogen (secondary N) is 2. The fourth-order valence-corrected chi connectivity index (χ4v) is 3.44. The van der Waals surface area contributed by atoms with Crippen LogP contribution in [-0.2, 0) is 11.3 Å². The molecule has 4 aromatic rings. The van der Waals surface area contributed by atoms with Crippen molar-refractivity contribution in [3.8, 4) is 0 Å². The molecule has 0 aliphatic heterocycles. The molecule has 0 aliphatic rings. The number of benzene rings is 3. The lowest BCUT2D eigenvalue weighted by molar-refractivity contribution is -0.113. The van der Waals surface area contributed by atoms with Crippen molar-refractivity contribution in [2.75, 3.05) is 11.1 Å². The molecular formula is C22H18N4O3S. The van der Waals surface area contributed by atoms with Crippen LogP contribution in [0.5, 0.6) is 0 Å². The maximum absolute atomic E-state index is 12.3. The second-order valence-corrected chi connectivity index (χ2v) is 7.30. The Morgan fingerprint density at radius 1 is 0.900 bits per heavy atom. The first kappa shape index (κ1) is 19.7. The Balaban J connectivity index is 1.29. The van der Waals surface area contributed by atoms with E-state index in [1.165, 1.54) is 0 Å². The summed E-state index contributed by atoms with van der Waals surface area (Å²) in [6, 6.07) is 22.5. The van der Waals surface area contributed by atoms with Crippen molar-refractivity contribution in [2.45, 2.75) is 11.8 Å². The van der Waals surface area contributed by atoms with Gasteiger partial charge in [-0.15, -0.1) is 10.2 Å². The van der Waals surface area contributed by atoms with Gasteiger partial charge in [-0.1, -0.05) is 66.4 Å². The third-order valence-corrected chi connectivity index (χ3v) is 5.09. The van der Waals surface area contributed by atoms with Gasteiger partial charge in [0.15, 0.2) is 0 Å². The van der Waals surface area contributed by atoms with Crippen LogP contribution in [0.2, 0.25) is 0 Å². The lowest BCUT2D eigenvalue weighted by Gasteiger charge is -2.07. The molecule has 0 fully saturated rings. The minimum absolute atomic E-state index is 0.115. The number of fused-ring (bicyclic) bond motifs is 1. The smallest absolute Gasteiger partial charge is 0.277 e. The Morgan fingerprint density at radius 2 is 1.67 bits per heavy atom. The van der Waals surface area contributed by atoms with E-state index in [0.717, 1.165) is 28.2 Å². The van der Waals surface area contributed by atoms with Crippen LogP contribution in [-0.4, -0.2) is 27.8 Å². The summed E-state index contributed by atoms with van der Waals surface area (Å²) in [5.41, 5.74) is 1.31. The molecule has 1 heterocycles. The molecule has 0 spiro atoms. The van der Waals surface area contributed by atoms with Crippen LogP contribution in [0.1, 0.15) is 16.2 Å². The Labute approximate surface area is 176 Å². The first-order valence-electron chi connectivity index (χ1n) is 9.25. The number of amides is 2. The van der Waals surface area contributed by atoms with Crippen molar-refractivity contribution in [1.29, 1.82) is 0 Å². The molecule has 1 aromatic heterocycles. The van der Waals surface area contributed by atoms with Crippen molar-refractivity contribution in [1.82, 2.24) is 15.5 Å². The monoisotopic (exact) mass is 418 g/mol. The van der Waals surface area contributed by atoms with Gasteiger partial charge >= 0.3 is 0 Å². The molecule has 0 saturated heterocycles. The summed E-state index contributed by atoms with van der Waals surface area (Å²) in [7, 11) is 0. The van der Waals surface area contributed by atoms with Crippen LogP contribution < -0.4 is 10.6 Å². The van der Waals surface area contributed by atoms with Crippen molar-refractivity contribution < 1.29 is 14.0 Å². The molecular weight excluding hydrogens is 400 g/mol. The lowest BCUT2D eigenvalue weighted by Crippen LogP contribution is -2.22. The zero-order chi connectivity index (χ0) is 20.8. The summed E-state index contributed by atoms with van der Waals surface area (Å²) in [5, 5.41) is 15.8. The molecule has 0 aliphatic carbocycles. The summed E-state index contributed by atoms with van der Waals surface area (Å²) in [4.78, 5) is 24.4. The second kappa shape index (κ2) is 9.23. The molecule has 3 aromatic carbocycles. The number of anilines is 1. The maximum atomic E-state index is 12.3. The van der Waals surface area contributed by atoms with Crippen molar-refractivity contribution >= 4 is 40.0 Å². The summed E-state index contributed by atoms with van der Waals surface area (Å²) in [5.74, 6) is 0.00325. The van der Waals surface area contributed by atoms with Crippen molar-refractivity contribution in [3.05, 3.63) is 84.3 Å². The molecule has 0 saturated carbocycles. The van der Waals surface area contributed by atoms with Gasteiger partial charge in [-0.3, -0.25) is 9.59 Å². The third-order valence-electron chi connectivity index (χ3n) is 4.27. The molecule has 0 atom stereocenters. The standard InChI is InChI=1S/C22H18N4O3S/c27-19(24-18-12-6-10-15-7-4-5-11-17(15)18)14-30-22-26-25-20(29-22)13-23-21(28)16-8-2-1-3-9-16/h1-12H,13-14H2,(H,23,28)(H,24,27). The van der Waals surface area contributed by atoms with E-state index in [1.54, 1.807) is 24.3 Å². The van der Waals surface area contributed by atoms with Gasteiger partial charge < -0.3 is 15.1 Å². The van der Waals surface area contributed by atoms with Gasteiger partial charge in [-0.25, -0.2) is 0 Å². The van der Waals surface area contributed by atoms with E-state index in [4.69, 9.17) is 4.42 Å². The van der Waals surface area contributed by atoms with Gasteiger partial charge in [0, 0.05) is 16.6 Å². The SMILES string of the molecule is O=C(CSc1nnc(CNC(=O)c2ccccc2)o1)Nc1cccc2ccccc12. The minimum Gasteiger partial charge on any atom is -0.414 e. The highest BCUT2D eigenvalue weighted by Crippen LogP contribution is 2.23. The lowest BCUT2D eigenvalue weighted by atomic mass is 10.1. The highest BCUT2D eigenvalue weighted by molar-refractivity contribution is 7.99. The summed E-state index contributed by atoms with van der Waals surface area (Å²) >= 11 is 1.14. The van der Waals surface area contributed by atoms with E-state index in [2.05, 4.69) is 20.8 Å². The second-order valence-electron chi connectivity index (χ2n) is 6.37. The van der Waals surface area contributed by atoms with E-state index in [1.807, 2.05) is 48.5 Å². The molecule has 0 bridgehead atoms. The Kier molecular flexibility index (Phi) is 6.05. The fraction of sp³-hybridized carbons (Fsp3) is 0.0909. The highest BCUT2D eigenvalue weighted by Gasteiger charge is 2.12. The first-order chi connectivity index (χ1) is 14.7. The van der Waals surface area contributed by atoms with Gasteiger partial charge in [-0.05, 0) is 23.6 Å². The van der Waals surface area contributed by atoms with Gasteiger partial charge in [0.25, 0.3) is 11.1 Å². The predicted octanol–water partition coefficient (Wildman–Crippen LogP) is 3.88. The fourth-order valence-electron chi connectivity index (χ4n) is 2.86. The van der Waals surface area contributed by atoms with Crippen LogP contribution in [0.4, 0.5) is 5.69 Å². The van der Waals surface area contributed by atoms with Gasteiger partial charge in [0.05, 0.1) is 12.3 Å². The summed E-state index contributed by atoms with van der Waals surface area (Å²) < 4.78 is 5.49. The first-order valence-corrected chi connectivity index (χ1v) is 10.2. The van der Waals surface area contributed by atoms with E-state index in [9.17, 15) is 9.59 Å². The van der Waals surface area contributed by atoms with E-state index in [-0.39, 0.29) is 35.2 Å². The van der Waals surface area contributed by atoms with E-state index >= 15 is 0 Å². The number of carbonyl (C=O) groups excluding carboxylic acids is 2. The van der Waals surface area contributed by atoms with Crippen LogP contribution in [0, 0.1) is 0 Å². The number of thioether (sulfide) groups is 1. The average molecular weight is 418 g/mol. The van der Waals surface area contributed by atoms with Crippen molar-refractivity contribution in [3.63, 3.8) is 0 Å². The van der Waals surface area contributed by atoms with E-state index < -0.39 is 0 Å². The molecule has 0 unspecified atom stereocenters. The number of rotatable bonds is 7. The van der Waals surface area contributed by atoms with Gasteiger partial charge in [0.2, 0.25) is 11.8 Å². The molecule has 30 heavy (non-hydrogen) atoms. The van der Waals surface area contributed by atoms with Gasteiger partial charge in [-0.2, -0.15) is 0 Å². The molecule has 4 rings (SSSR count). The molecule has 150 valence electrons.